The van der Waals surface area contributed by atoms with Crippen LogP contribution in [-0.2, 0) is 18.5 Å². The SMILES string of the molecule is O=c1c2ccccc2nc(SCc2ccccc2C(F)(F)F)n1Cc1ccccc1Cl. The van der Waals surface area contributed by atoms with Crippen LogP contribution in [0.4, 0.5) is 13.2 Å². The Morgan fingerprint density at radius 3 is 2.29 bits per heavy atom. The Kier molecular flexibility index (Phi) is 6.07. The van der Waals surface area contributed by atoms with Gasteiger partial charge in [-0.05, 0) is 35.4 Å². The fourth-order valence-corrected chi connectivity index (χ4v) is 4.46. The largest absolute Gasteiger partial charge is 0.416 e. The first-order valence-corrected chi connectivity index (χ1v) is 10.7. The van der Waals surface area contributed by atoms with Crippen molar-refractivity contribution in [1.82, 2.24) is 9.55 Å². The number of hydrogen-bond acceptors (Lipinski definition) is 3. The number of halogens is 4. The summed E-state index contributed by atoms with van der Waals surface area (Å²) in [7, 11) is 0. The molecule has 8 heteroatoms. The molecule has 0 N–H and O–H groups in total. The molecule has 31 heavy (non-hydrogen) atoms. The number of aromatic nitrogens is 2. The normalized spacial score (nSPS) is 11.7. The van der Waals surface area contributed by atoms with Crippen molar-refractivity contribution in [2.45, 2.75) is 23.6 Å². The summed E-state index contributed by atoms with van der Waals surface area (Å²) in [5, 5.41) is 1.27. The average Bonchev–Trinajstić information content (AvgIpc) is 2.75. The van der Waals surface area contributed by atoms with Gasteiger partial charge in [0.15, 0.2) is 5.16 Å². The zero-order valence-electron chi connectivity index (χ0n) is 16.1. The maximum Gasteiger partial charge on any atom is 0.416 e. The van der Waals surface area contributed by atoms with Crippen LogP contribution in [0.25, 0.3) is 10.9 Å². The summed E-state index contributed by atoms with van der Waals surface area (Å²) in [6.07, 6.45) is -4.45. The first kappa shape index (κ1) is 21.5. The monoisotopic (exact) mass is 460 g/mol. The number of benzene rings is 3. The van der Waals surface area contributed by atoms with E-state index in [4.69, 9.17) is 11.6 Å². The standard InChI is InChI=1S/C23H16ClF3N2OS/c24-19-11-5-2-7-15(19)13-29-21(30)17-9-3-6-12-20(17)28-22(29)31-14-16-8-1-4-10-18(16)23(25,26)27/h1-12H,13-14H2. The molecule has 0 amide bonds. The fourth-order valence-electron chi connectivity index (χ4n) is 3.26. The van der Waals surface area contributed by atoms with E-state index in [0.29, 0.717) is 21.1 Å². The molecule has 0 radical (unpaired) electrons. The summed E-state index contributed by atoms with van der Waals surface area (Å²) in [4.78, 5) is 17.8. The Labute approximate surface area is 185 Å². The first-order valence-electron chi connectivity index (χ1n) is 9.35. The first-order chi connectivity index (χ1) is 14.8. The average molecular weight is 461 g/mol. The molecule has 1 aromatic heterocycles. The molecule has 0 aliphatic carbocycles. The maximum atomic E-state index is 13.4. The quantitative estimate of drug-likeness (QED) is 0.255. The van der Waals surface area contributed by atoms with Gasteiger partial charge in [0, 0.05) is 10.8 Å². The molecule has 0 fully saturated rings. The summed E-state index contributed by atoms with van der Waals surface area (Å²) < 4.78 is 41.6. The van der Waals surface area contributed by atoms with E-state index >= 15 is 0 Å². The molecule has 0 atom stereocenters. The zero-order valence-corrected chi connectivity index (χ0v) is 17.6. The van der Waals surface area contributed by atoms with Gasteiger partial charge in [-0.25, -0.2) is 4.98 Å². The van der Waals surface area contributed by atoms with Gasteiger partial charge in [0.05, 0.1) is 23.0 Å². The Morgan fingerprint density at radius 2 is 1.55 bits per heavy atom. The van der Waals surface area contributed by atoms with Crippen molar-refractivity contribution >= 4 is 34.3 Å². The van der Waals surface area contributed by atoms with Crippen molar-refractivity contribution in [2.24, 2.45) is 0 Å². The second-order valence-corrected chi connectivity index (χ2v) is 8.19. The fraction of sp³-hybridized carbons (Fsp3) is 0.130. The predicted octanol–water partition coefficient (Wildman–Crippen LogP) is 6.41. The zero-order chi connectivity index (χ0) is 22.0. The van der Waals surface area contributed by atoms with Crippen LogP contribution < -0.4 is 5.56 Å². The van der Waals surface area contributed by atoms with Crippen molar-refractivity contribution < 1.29 is 13.2 Å². The number of rotatable bonds is 5. The number of nitrogens with zero attached hydrogens (tertiary/aromatic N) is 2. The van der Waals surface area contributed by atoms with E-state index < -0.39 is 11.7 Å². The Hall–Kier alpha value is -2.77. The van der Waals surface area contributed by atoms with Crippen LogP contribution in [0.5, 0.6) is 0 Å². The molecule has 3 aromatic carbocycles. The van der Waals surface area contributed by atoms with Crippen LogP contribution in [-0.4, -0.2) is 9.55 Å². The molecule has 0 spiro atoms. The maximum absolute atomic E-state index is 13.4. The summed E-state index contributed by atoms with van der Waals surface area (Å²) in [5.41, 5.74) is 0.391. The van der Waals surface area contributed by atoms with Gasteiger partial charge < -0.3 is 0 Å². The molecule has 0 saturated carbocycles. The lowest BCUT2D eigenvalue weighted by Gasteiger charge is -2.16. The Morgan fingerprint density at radius 1 is 0.903 bits per heavy atom. The highest BCUT2D eigenvalue weighted by Gasteiger charge is 2.32. The molecule has 3 nitrogen and oxygen atoms in total. The second kappa shape index (κ2) is 8.77. The number of thioether (sulfide) groups is 1. The van der Waals surface area contributed by atoms with Gasteiger partial charge in [-0.2, -0.15) is 13.2 Å². The molecule has 0 saturated heterocycles. The van der Waals surface area contributed by atoms with E-state index in [-0.39, 0.29) is 23.4 Å². The smallest absolute Gasteiger partial charge is 0.283 e. The Bertz CT molecular complexity index is 1300. The van der Waals surface area contributed by atoms with Crippen LogP contribution >= 0.6 is 23.4 Å². The molecular formula is C23H16ClF3N2OS. The highest BCUT2D eigenvalue weighted by molar-refractivity contribution is 7.98. The minimum atomic E-state index is -4.45. The Balaban J connectivity index is 1.77. The lowest BCUT2D eigenvalue weighted by atomic mass is 10.1. The van der Waals surface area contributed by atoms with Crippen LogP contribution in [0.1, 0.15) is 16.7 Å². The molecule has 0 bridgehead atoms. The molecule has 0 aliphatic heterocycles. The van der Waals surface area contributed by atoms with Gasteiger partial charge in [0.25, 0.3) is 5.56 Å². The predicted molar refractivity (Wildman–Crippen MR) is 118 cm³/mol. The number of hydrogen-bond donors (Lipinski definition) is 0. The van der Waals surface area contributed by atoms with Crippen molar-refractivity contribution in [3.63, 3.8) is 0 Å². The number of alkyl halides is 3. The van der Waals surface area contributed by atoms with Gasteiger partial charge in [0.1, 0.15) is 0 Å². The van der Waals surface area contributed by atoms with Crippen LogP contribution in [0, 0.1) is 0 Å². The molecule has 158 valence electrons. The summed E-state index contributed by atoms with van der Waals surface area (Å²) in [6.45, 7) is 0.166. The lowest BCUT2D eigenvalue weighted by molar-refractivity contribution is -0.138. The van der Waals surface area contributed by atoms with Crippen molar-refractivity contribution in [2.75, 3.05) is 0 Å². The molecule has 4 rings (SSSR count). The summed E-state index contributed by atoms with van der Waals surface area (Å²) in [5.74, 6) is 0.0169. The van der Waals surface area contributed by atoms with E-state index in [0.717, 1.165) is 23.4 Å². The highest BCUT2D eigenvalue weighted by Crippen LogP contribution is 2.34. The topological polar surface area (TPSA) is 34.9 Å². The third-order valence-electron chi connectivity index (χ3n) is 4.79. The van der Waals surface area contributed by atoms with E-state index in [1.165, 1.54) is 16.7 Å². The number of fused-ring (bicyclic) bond motifs is 1. The summed E-state index contributed by atoms with van der Waals surface area (Å²) in [6, 6.07) is 19.5. The van der Waals surface area contributed by atoms with Crippen LogP contribution in [0.15, 0.2) is 82.7 Å². The van der Waals surface area contributed by atoms with Gasteiger partial charge in [-0.3, -0.25) is 9.36 Å². The molecule has 1 heterocycles. The van der Waals surface area contributed by atoms with Crippen LogP contribution in [0.2, 0.25) is 5.02 Å². The lowest BCUT2D eigenvalue weighted by Crippen LogP contribution is -2.24. The molecule has 0 aliphatic rings. The summed E-state index contributed by atoms with van der Waals surface area (Å²) >= 11 is 7.37. The third kappa shape index (κ3) is 4.62. The van der Waals surface area contributed by atoms with Gasteiger partial charge in [0.2, 0.25) is 0 Å². The van der Waals surface area contributed by atoms with E-state index in [9.17, 15) is 18.0 Å². The minimum Gasteiger partial charge on any atom is -0.283 e. The molecule has 4 aromatic rings. The van der Waals surface area contributed by atoms with E-state index in [2.05, 4.69) is 4.98 Å². The van der Waals surface area contributed by atoms with Gasteiger partial charge >= 0.3 is 6.18 Å². The van der Waals surface area contributed by atoms with E-state index in [1.807, 2.05) is 6.07 Å². The molecule has 0 unspecified atom stereocenters. The number of para-hydroxylation sites is 1. The van der Waals surface area contributed by atoms with E-state index in [1.54, 1.807) is 48.5 Å². The van der Waals surface area contributed by atoms with Gasteiger partial charge in [-0.1, -0.05) is 71.9 Å². The minimum absolute atomic E-state index is 0.0169. The van der Waals surface area contributed by atoms with Crippen molar-refractivity contribution in [3.8, 4) is 0 Å². The molecular weight excluding hydrogens is 445 g/mol. The van der Waals surface area contributed by atoms with Gasteiger partial charge in [-0.15, -0.1) is 0 Å². The highest BCUT2D eigenvalue weighted by atomic mass is 35.5. The third-order valence-corrected chi connectivity index (χ3v) is 6.19. The second-order valence-electron chi connectivity index (χ2n) is 6.84. The van der Waals surface area contributed by atoms with Crippen molar-refractivity contribution in [1.29, 1.82) is 0 Å². The van der Waals surface area contributed by atoms with Crippen LogP contribution in [0.3, 0.4) is 0 Å². The van der Waals surface area contributed by atoms with Crippen molar-refractivity contribution in [3.05, 3.63) is 105 Å².